The number of rotatable bonds is 2. The maximum absolute atomic E-state index is 5.70. The molecular formula is C8H15NO2. The fraction of sp³-hybridized carbons (Fsp3) is 1.00. The van der Waals surface area contributed by atoms with Crippen LogP contribution in [0.25, 0.3) is 0 Å². The Hall–Kier alpha value is -0.120. The molecule has 11 heavy (non-hydrogen) atoms. The van der Waals surface area contributed by atoms with Crippen LogP contribution in [0.15, 0.2) is 0 Å². The van der Waals surface area contributed by atoms with Crippen LogP contribution >= 0.6 is 0 Å². The van der Waals surface area contributed by atoms with Gasteiger partial charge in [-0.3, -0.25) is 0 Å². The van der Waals surface area contributed by atoms with Crippen molar-refractivity contribution in [1.82, 2.24) is 5.32 Å². The number of hydrogen-bond donors (Lipinski definition) is 1. The highest BCUT2D eigenvalue weighted by Gasteiger charge is 2.44. The number of ether oxygens (including phenoxy) is 2. The summed E-state index contributed by atoms with van der Waals surface area (Å²) in [5.74, 6) is 0.627. The number of hydrogen-bond acceptors (Lipinski definition) is 3. The molecule has 0 aromatic carbocycles. The fourth-order valence-corrected chi connectivity index (χ4v) is 1.93. The Bertz CT molecular complexity index is 145. The van der Waals surface area contributed by atoms with Gasteiger partial charge >= 0.3 is 0 Å². The summed E-state index contributed by atoms with van der Waals surface area (Å²) < 4.78 is 10.8. The van der Waals surface area contributed by atoms with Crippen LogP contribution in [0, 0.1) is 5.92 Å². The first-order valence-electron chi connectivity index (χ1n) is 4.18. The van der Waals surface area contributed by atoms with E-state index in [4.69, 9.17) is 9.47 Å². The predicted molar refractivity (Wildman–Crippen MR) is 41.5 cm³/mol. The minimum Gasteiger partial charge on any atom is -0.384 e. The topological polar surface area (TPSA) is 30.5 Å². The lowest BCUT2D eigenvalue weighted by Crippen LogP contribution is -2.59. The second-order valence-corrected chi connectivity index (χ2v) is 3.62. The minimum absolute atomic E-state index is 0.198. The molecule has 0 amide bonds. The summed E-state index contributed by atoms with van der Waals surface area (Å²) in [7, 11) is 1.75. The molecule has 64 valence electrons. The van der Waals surface area contributed by atoms with E-state index in [1.807, 2.05) is 0 Å². The van der Waals surface area contributed by atoms with Crippen LogP contribution in [0.1, 0.15) is 6.42 Å². The standard InChI is InChI=1S/C8H15NO2/c1-10-3-7-2-8(11-4-7)5-9-6-8/h7,9H,2-6H2,1H3. The van der Waals surface area contributed by atoms with Crippen molar-refractivity contribution in [1.29, 1.82) is 0 Å². The van der Waals surface area contributed by atoms with Crippen LogP contribution in [0.4, 0.5) is 0 Å². The third-order valence-electron chi connectivity index (χ3n) is 2.58. The van der Waals surface area contributed by atoms with Crippen molar-refractivity contribution in [2.45, 2.75) is 12.0 Å². The molecule has 0 aliphatic carbocycles. The summed E-state index contributed by atoms with van der Waals surface area (Å²) in [6, 6.07) is 0. The Morgan fingerprint density at radius 1 is 1.64 bits per heavy atom. The molecule has 0 aromatic heterocycles. The number of methoxy groups -OCH3 is 1. The molecule has 1 unspecified atom stereocenters. The molecule has 2 rings (SSSR count). The van der Waals surface area contributed by atoms with Gasteiger partial charge in [0.25, 0.3) is 0 Å². The summed E-state index contributed by atoms with van der Waals surface area (Å²) in [4.78, 5) is 0. The van der Waals surface area contributed by atoms with E-state index in [1.54, 1.807) is 7.11 Å². The van der Waals surface area contributed by atoms with Crippen molar-refractivity contribution in [2.75, 3.05) is 33.4 Å². The van der Waals surface area contributed by atoms with Gasteiger partial charge in [0.05, 0.1) is 18.8 Å². The van der Waals surface area contributed by atoms with Gasteiger partial charge < -0.3 is 14.8 Å². The van der Waals surface area contributed by atoms with Gasteiger partial charge in [0.15, 0.2) is 0 Å². The molecule has 2 heterocycles. The highest BCUT2D eigenvalue weighted by Crippen LogP contribution is 2.32. The van der Waals surface area contributed by atoms with Crippen LogP contribution in [-0.2, 0) is 9.47 Å². The van der Waals surface area contributed by atoms with Crippen molar-refractivity contribution < 1.29 is 9.47 Å². The van der Waals surface area contributed by atoms with Crippen molar-refractivity contribution in [3.05, 3.63) is 0 Å². The molecule has 3 nitrogen and oxygen atoms in total. The average molecular weight is 157 g/mol. The maximum Gasteiger partial charge on any atom is 0.0934 e. The zero-order chi connectivity index (χ0) is 7.73. The lowest BCUT2D eigenvalue weighted by atomic mass is 9.89. The van der Waals surface area contributed by atoms with E-state index < -0.39 is 0 Å². The molecule has 1 atom stereocenters. The van der Waals surface area contributed by atoms with Crippen LogP contribution in [-0.4, -0.2) is 39.0 Å². The summed E-state index contributed by atoms with van der Waals surface area (Å²) >= 11 is 0. The molecule has 2 fully saturated rings. The maximum atomic E-state index is 5.70. The van der Waals surface area contributed by atoms with Crippen molar-refractivity contribution in [3.63, 3.8) is 0 Å². The number of nitrogens with one attached hydrogen (secondary N) is 1. The molecule has 0 bridgehead atoms. The third-order valence-corrected chi connectivity index (χ3v) is 2.58. The molecule has 3 heteroatoms. The van der Waals surface area contributed by atoms with E-state index in [0.717, 1.165) is 26.3 Å². The van der Waals surface area contributed by atoms with Gasteiger partial charge in [-0.1, -0.05) is 0 Å². The molecule has 2 aliphatic heterocycles. The average Bonchev–Trinajstić information content (AvgIpc) is 2.32. The van der Waals surface area contributed by atoms with E-state index in [1.165, 1.54) is 6.42 Å². The molecule has 0 saturated carbocycles. The molecule has 0 aromatic rings. The highest BCUT2D eigenvalue weighted by atomic mass is 16.5. The Morgan fingerprint density at radius 2 is 2.45 bits per heavy atom. The van der Waals surface area contributed by atoms with Gasteiger partial charge in [0, 0.05) is 26.1 Å². The van der Waals surface area contributed by atoms with E-state index in [9.17, 15) is 0 Å². The van der Waals surface area contributed by atoms with E-state index in [0.29, 0.717) is 5.92 Å². The van der Waals surface area contributed by atoms with Gasteiger partial charge in [0.1, 0.15) is 0 Å². The molecule has 1 spiro atoms. The minimum atomic E-state index is 0.198. The van der Waals surface area contributed by atoms with Crippen molar-refractivity contribution in [3.8, 4) is 0 Å². The smallest absolute Gasteiger partial charge is 0.0934 e. The normalized spacial score (nSPS) is 34.1. The van der Waals surface area contributed by atoms with E-state index in [2.05, 4.69) is 5.32 Å². The summed E-state index contributed by atoms with van der Waals surface area (Å²) in [6.07, 6.45) is 1.17. The molecule has 2 aliphatic rings. The highest BCUT2D eigenvalue weighted by molar-refractivity contribution is 4.99. The summed E-state index contributed by atoms with van der Waals surface area (Å²) in [6.45, 7) is 3.80. The Balaban J connectivity index is 1.83. The molecule has 2 saturated heterocycles. The third kappa shape index (κ3) is 1.28. The van der Waals surface area contributed by atoms with Crippen LogP contribution in [0.2, 0.25) is 0 Å². The first-order valence-corrected chi connectivity index (χ1v) is 4.18. The summed E-state index contributed by atoms with van der Waals surface area (Å²) in [5.41, 5.74) is 0.198. The van der Waals surface area contributed by atoms with Crippen LogP contribution in [0.5, 0.6) is 0 Å². The van der Waals surface area contributed by atoms with Crippen LogP contribution < -0.4 is 5.32 Å². The lowest BCUT2D eigenvalue weighted by molar-refractivity contribution is -0.0365. The largest absolute Gasteiger partial charge is 0.384 e. The zero-order valence-electron chi connectivity index (χ0n) is 6.93. The van der Waals surface area contributed by atoms with Crippen molar-refractivity contribution >= 4 is 0 Å². The summed E-state index contributed by atoms with van der Waals surface area (Å²) in [5, 5.41) is 3.24. The van der Waals surface area contributed by atoms with Crippen molar-refractivity contribution in [2.24, 2.45) is 5.92 Å². The predicted octanol–water partition coefficient (Wildman–Crippen LogP) is 0.0113. The van der Waals surface area contributed by atoms with Gasteiger partial charge in [-0.25, -0.2) is 0 Å². The lowest BCUT2D eigenvalue weighted by Gasteiger charge is -2.38. The second kappa shape index (κ2) is 2.73. The molecular weight excluding hydrogens is 142 g/mol. The SMILES string of the molecule is COCC1COC2(CNC2)C1. The zero-order valence-corrected chi connectivity index (χ0v) is 6.93. The Labute approximate surface area is 67.1 Å². The first-order chi connectivity index (χ1) is 5.35. The molecule has 1 N–H and O–H groups in total. The molecule has 0 radical (unpaired) electrons. The van der Waals surface area contributed by atoms with Gasteiger partial charge in [-0.05, 0) is 6.42 Å². The Kier molecular flexibility index (Phi) is 1.87. The van der Waals surface area contributed by atoms with Gasteiger partial charge in [0.2, 0.25) is 0 Å². The monoisotopic (exact) mass is 157 g/mol. The quantitative estimate of drug-likeness (QED) is 0.612. The first kappa shape index (κ1) is 7.53. The van der Waals surface area contributed by atoms with Gasteiger partial charge in [-0.2, -0.15) is 0 Å². The second-order valence-electron chi connectivity index (χ2n) is 3.62. The van der Waals surface area contributed by atoms with E-state index in [-0.39, 0.29) is 5.60 Å². The Morgan fingerprint density at radius 3 is 2.91 bits per heavy atom. The van der Waals surface area contributed by atoms with Gasteiger partial charge in [-0.15, -0.1) is 0 Å². The van der Waals surface area contributed by atoms with E-state index >= 15 is 0 Å². The fourth-order valence-electron chi connectivity index (χ4n) is 1.93. The van der Waals surface area contributed by atoms with Crippen LogP contribution in [0.3, 0.4) is 0 Å².